The average Bonchev–Trinajstić information content (AvgIpc) is 2.34. The normalized spacial score (nSPS) is 13.2. The monoisotopic (exact) mass is 263 g/mol. The van der Waals surface area contributed by atoms with E-state index in [9.17, 15) is 13.2 Å². The fraction of sp³-hybridized carbons (Fsp3) is 0.500. The molecule has 0 bridgehead atoms. The second-order valence-corrected chi connectivity index (χ2v) is 3.87. The van der Waals surface area contributed by atoms with Crippen molar-refractivity contribution in [1.29, 1.82) is 0 Å². The molecule has 0 amide bonds. The van der Waals surface area contributed by atoms with Crippen LogP contribution in [-0.2, 0) is 0 Å². The zero-order chi connectivity index (χ0) is 13.8. The second-order valence-electron chi connectivity index (χ2n) is 3.87. The molecule has 0 unspecified atom stereocenters. The molecule has 0 aromatic heterocycles. The number of halogens is 3. The number of ether oxygens (including phenoxy) is 2. The minimum Gasteiger partial charge on any atom is -0.497 e. The van der Waals surface area contributed by atoms with Crippen LogP contribution in [0.25, 0.3) is 0 Å². The molecular weight excluding hydrogens is 247 g/mol. The number of methoxy groups -OCH3 is 2. The second kappa shape index (κ2) is 5.95. The van der Waals surface area contributed by atoms with Crippen LogP contribution in [0.15, 0.2) is 18.2 Å². The van der Waals surface area contributed by atoms with Gasteiger partial charge in [0.1, 0.15) is 11.5 Å². The third kappa shape index (κ3) is 4.10. The van der Waals surface area contributed by atoms with E-state index < -0.39 is 18.6 Å². The summed E-state index contributed by atoms with van der Waals surface area (Å²) in [5.74, 6) is 1.00. The lowest BCUT2D eigenvalue weighted by Crippen LogP contribution is -2.16. The number of alkyl halides is 3. The van der Waals surface area contributed by atoms with Crippen LogP contribution in [0, 0.1) is 0 Å². The van der Waals surface area contributed by atoms with Crippen LogP contribution >= 0.6 is 0 Å². The van der Waals surface area contributed by atoms with E-state index in [0.29, 0.717) is 17.1 Å². The highest BCUT2D eigenvalue weighted by Gasteiger charge is 2.28. The largest absolute Gasteiger partial charge is 0.497 e. The summed E-state index contributed by atoms with van der Waals surface area (Å²) in [4.78, 5) is 0. The van der Waals surface area contributed by atoms with E-state index >= 15 is 0 Å². The summed E-state index contributed by atoms with van der Waals surface area (Å²) in [6, 6.07) is 4.15. The number of benzene rings is 1. The smallest absolute Gasteiger partial charge is 0.389 e. The molecule has 0 heterocycles. The molecule has 0 saturated heterocycles. The van der Waals surface area contributed by atoms with Crippen molar-refractivity contribution >= 4 is 0 Å². The first-order valence-electron chi connectivity index (χ1n) is 5.41. The van der Waals surface area contributed by atoms with Crippen molar-refractivity contribution < 1.29 is 22.6 Å². The Bertz CT molecular complexity index is 393. The highest BCUT2D eigenvalue weighted by atomic mass is 19.4. The quantitative estimate of drug-likeness (QED) is 0.888. The van der Waals surface area contributed by atoms with E-state index in [-0.39, 0.29) is 6.42 Å². The van der Waals surface area contributed by atoms with Gasteiger partial charge in [-0.1, -0.05) is 6.07 Å². The van der Waals surface area contributed by atoms with Crippen molar-refractivity contribution in [2.24, 2.45) is 5.73 Å². The molecule has 0 spiro atoms. The highest BCUT2D eigenvalue weighted by molar-refractivity contribution is 5.42. The third-order valence-electron chi connectivity index (χ3n) is 2.58. The topological polar surface area (TPSA) is 44.5 Å². The van der Waals surface area contributed by atoms with Crippen LogP contribution in [0.2, 0.25) is 0 Å². The van der Waals surface area contributed by atoms with Crippen LogP contribution in [-0.4, -0.2) is 20.4 Å². The van der Waals surface area contributed by atoms with E-state index in [0.717, 1.165) is 0 Å². The summed E-state index contributed by atoms with van der Waals surface area (Å²) in [7, 11) is 2.94. The molecule has 18 heavy (non-hydrogen) atoms. The molecule has 6 heteroatoms. The van der Waals surface area contributed by atoms with Gasteiger partial charge in [-0.05, 0) is 12.5 Å². The lowest BCUT2D eigenvalue weighted by Gasteiger charge is -2.17. The minimum atomic E-state index is -4.20. The summed E-state index contributed by atoms with van der Waals surface area (Å²) in [6.07, 6.45) is -5.28. The number of hydrogen-bond acceptors (Lipinski definition) is 3. The van der Waals surface area contributed by atoms with Gasteiger partial charge < -0.3 is 15.2 Å². The van der Waals surface area contributed by atoms with Gasteiger partial charge in [0.25, 0.3) is 0 Å². The van der Waals surface area contributed by atoms with Gasteiger partial charge in [0, 0.05) is 24.1 Å². The van der Waals surface area contributed by atoms with E-state index in [1.807, 2.05) is 0 Å². The van der Waals surface area contributed by atoms with Crippen molar-refractivity contribution in [3.05, 3.63) is 23.8 Å². The van der Waals surface area contributed by atoms with Gasteiger partial charge in [-0.15, -0.1) is 0 Å². The molecule has 102 valence electrons. The van der Waals surface area contributed by atoms with Crippen LogP contribution in [0.4, 0.5) is 13.2 Å². The van der Waals surface area contributed by atoms with Crippen LogP contribution in [0.1, 0.15) is 24.4 Å². The Labute approximate surface area is 104 Å². The lowest BCUT2D eigenvalue weighted by atomic mass is 10.0. The van der Waals surface area contributed by atoms with E-state index in [2.05, 4.69) is 0 Å². The summed E-state index contributed by atoms with van der Waals surface area (Å²) in [5, 5.41) is 0. The number of rotatable bonds is 5. The molecular formula is C12H16F3NO2. The molecule has 0 aliphatic heterocycles. The Kier molecular flexibility index (Phi) is 4.84. The standard InChI is InChI=1S/C12H16F3NO2/c1-17-8-3-4-9(11(7-8)18-2)10(16)5-6-12(13,14)15/h3-4,7,10H,5-6,16H2,1-2H3/t10-/m0/s1. The Morgan fingerprint density at radius 3 is 2.39 bits per heavy atom. The minimum absolute atomic E-state index is 0.174. The van der Waals surface area contributed by atoms with Crippen molar-refractivity contribution in [1.82, 2.24) is 0 Å². The molecule has 3 nitrogen and oxygen atoms in total. The average molecular weight is 263 g/mol. The van der Waals surface area contributed by atoms with E-state index in [1.54, 1.807) is 18.2 Å². The molecule has 1 aromatic carbocycles. The number of nitrogens with two attached hydrogens (primary N) is 1. The van der Waals surface area contributed by atoms with Gasteiger partial charge in [-0.3, -0.25) is 0 Å². The van der Waals surface area contributed by atoms with Gasteiger partial charge in [0.2, 0.25) is 0 Å². The fourth-order valence-corrected chi connectivity index (χ4v) is 1.60. The van der Waals surface area contributed by atoms with E-state index in [4.69, 9.17) is 15.2 Å². The van der Waals surface area contributed by atoms with Crippen LogP contribution in [0.3, 0.4) is 0 Å². The lowest BCUT2D eigenvalue weighted by molar-refractivity contribution is -0.136. The maximum Gasteiger partial charge on any atom is 0.389 e. The molecule has 0 fully saturated rings. The summed E-state index contributed by atoms with van der Waals surface area (Å²) in [5.41, 5.74) is 6.29. The highest BCUT2D eigenvalue weighted by Crippen LogP contribution is 2.32. The van der Waals surface area contributed by atoms with Crippen molar-refractivity contribution in [2.75, 3.05) is 14.2 Å². The molecule has 1 atom stereocenters. The number of hydrogen-bond donors (Lipinski definition) is 1. The summed E-state index contributed by atoms with van der Waals surface area (Å²) >= 11 is 0. The predicted molar refractivity (Wildman–Crippen MR) is 61.8 cm³/mol. The molecule has 1 aromatic rings. The van der Waals surface area contributed by atoms with Gasteiger partial charge in [0.05, 0.1) is 14.2 Å². The van der Waals surface area contributed by atoms with Gasteiger partial charge in [-0.2, -0.15) is 13.2 Å². The zero-order valence-corrected chi connectivity index (χ0v) is 10.3. The molecule has 1 rings (SSSR count). The first-order valence-corrected chi connectivity index (χ1v) is 5.41. The van der Waals surface area contributed by atoms with Gasteiger partial charge >= 0.3 is 6.18 Å². The van der Waals surface area contributed by atoms with Gasteiger partial charge in [0.15, 0.2) is 0 Å². The SMILES string of the molecule is COc1ccc([C@@H](N)CCC(F)(F)F)c(OC)c1. The molecule has 0 aliphatic carbocycles. The van der Waals surface area contributed by atoms with Crippen LogP contribution < -0.4 is 15.2 Å². The zero-order valence-electron chi connectivity index (χ0n) is 10.3. The molecule has 0 saturated carbocycles. The Balaban J connectivity index is 2.81. The Morgan fingerprint density at radius 2 is 1.89 bits per heavy atom. The fourth-order valence-electron chi connectivity index (χ4n) is 1.60. The van der Waals surface area contributed by atoms with Crippen molar-refractivity contribution in [3.63, 3.8) is 0 Å². The third-order valence-corrected chi connectivity index (χ3v) is 2.58. The summed E-state index contributed by atoms with van der Waals surface area (Å²) < 4.78 is 46.5. The van der Waals surface area contributed by atoms with Crippen molar-refractivity contribution in [2.45, 2.75) is 25.1 Å². The first-order chi connectivity index (χ1) is 8.37. The predicted octanol–water partition coefficient (Wildman–Crippen LogP) is 3.05. The Morgan fingerprint density at radius 1 is 1.22 bits per heavy atom. The maximum atomic E-state index is 12.1. The van der Waals surface area contributed by atoms with Crippen molar-refractivity contribution in [3.8, 4) is 11.5 Å². The van der Waals surface area contributed by atoms with E-state index in [1.165, 1.54) is 14.2 Å². The summed E-state index contributed by atoms with van der Waals surface area (Å²) in [6.45, 7) is 0. The molecule has 0 aliphatic rings. The maximum absolute atomic E-state index is 12.1. The first kappa shape index (κ1) is 14.6. The van der Waals surface area contributed by atoms with Gasteiger partial charge in [-0.25, -0.2) is 0 Å². The Hall–Kier alpha value is -1.43. The molecule has 2 N–H and O–H groups in total. The van der Waals surface area contributed by atoms with Crippen LogP contribution in [0.5, 0.6) is 11.5 Å². The molecule has 0 radical (unpaired) electrons.